The number of carbonyl (C=O) groups is 1. The third-order valence-corrected chi connectivity index (χ3v) is 3.40. The molecule has 0 spiro atoms. The molecule has 2 rings (SSSR count). The van der Waals surface area contributed by atoms with E-state index in [-0.39, 0.29) is 18.0 Å². The molecule has 1 aliphatic heterocycles. The summed E-state index contributed by atoms with van der Waals surface area (Å²) in [7, 11) is 0. The van der Waals surface area contributed by atoms with E-state index in [0.717, 1.165) is 18.5 Å². The molecule has 92 valence electrons. The first-order valence-corrected chi connectivity index (χ1v) is 6.31. The Balaban J connectivity index is 2.28. The maximum absolute atomic E-state index is 11.8. The summed E-state index contributed by atoms with van der Waals surface area (Å²) in [6.45, 7) is 2.83. The lowest BCUT2D eigenvalue weighted by molar-refractivity contribution is -0.129. The van der Waals surface area contributed by atoms with Crippen LogP contribution >= 0.6 is 11.6 Å². The summed E-state index contributed by atoms with van der Waals surface area (Å²) >= 11 is 5.87. The highest BCUT2D eigenvalue weighted by atomic mass is 35.5. The molecule has 1 aromatic carbocycles. The normalized spacial score (nSPS) is 24.4. The molecule has 1 heterocycles. The molecule has 0 saturated carbocycles. The fraction of sp³-hybridized carbons (Fsp3) is 0.462. The van der Waals surface area contributed by atoms with Gasteiger partial charge in [-0.05, 0) is 24.1 Å². The molecule has 0 aliphatic carbocycles. The lowest BCUT2D eigenvalue weighted by Crippen LogP contribution is -2.33. The maximum atomic E-state index is 11.8. The molecule has 2 N–H and O–H groups in total. The predicted octanol–water partition coefficient (Wildman–Crippen LogP) is 2.35. The average Bonchev–Trinajstić information content (AvgIpc) is 2.56. The molecule has 0 radical (unpaired) electrons. The van der Waals surface area contributed by atoms with Crippen LogP contribution in [0.1, 0.15) is 31.4 Å². The summed E-state index contributed by atoms with van der Waals surface area (Å²) in [6.07, 6.45) is 1.38. The Morgan fingerprint density at radius 1 is 1.41 bits per heavy atom. The van der Waals surface area contributed by atoms with Gasteiger partial charge in [-0.15, -0.1) is 0 Å². The summed E-state index contributed by atoms with van der Waals surface area (Å²) in [5.41, 5.74) is 7.14. The van der Waals surface area contributed by atoms with Gasteiger partial charge < -0.3 is 10.6 Å². The number of carbonyl (C=O) groups excluding carboxylic acids is 1. The number of likely N-dealkylation sites (tertiary alicyclic amines) is 1. The van der Waals surface area contributed by atoms with E-state index in [9.17, 15) is 4.79 Å². The quantitative estimate of drug-likeness (QED) is 0.898. The largest absolute Gasteiger partial charge is 0.334 e. The summed E-state index contributed by atoms with van der Waals surface area (Å²) in [4.78, 5) is 13.7. The fourth-order valence-electron chi connectivity index (χ4n) is 2.41. The second-order valence-electron chi connectivity index (χ2n) is 4.45. The first-order valence-electron chi connectivity index (χ1n) is 5.94. The highest BCUT2D eigenvalue weighted by Crippen LogP contribution is 2.32. The van der Waals surface area contributed by atoms with Crippen molar-refractivity contribution >= 4 is 17.5 Å². The Kier molecular flexibility index (Phi) is 3.69. The van der Waals surface area contributed by atoms with Crippen molar-refractivity contribution in [2.24, 2.45) is 5.73 Å². The second-order valence-corrected chi connectivity index (χ2v) is 4.89. The minimum absolute atomic E-state index is 0.000262. The summed E-state index contributed by atoms with van der Waals surface area (Å²) in [5.74, 6) is 0.152. The van der Waals surface area contributed by atoms with E-state index >= 15 is 0 Å². The van der Waals surface area contributed by atoms with Gasteiger partial charge in [0.15, 0.2) is 0 Å². The molecule has 1 aromatic rings. The van der Waals surface area contributed by atoms with Crippen LogP contribution in [-0.2, 0) is 4.79 Å². The van der Waals surface area contributed by atoms with Crippen LogP contribution in [0.25, 0.3) is 0 Å². The standard InChI is InChI=1S/C13H17ClN2O/c1-2-7-16-12(17)8-11(15)13(16)9-3-5-10(14)6-4-9/h3-6,11,13H,2,7-8,15H2,1H3. The van der Waals surface area contributed by atoms with Crippen LogP contribution in [0.5, 0.6) is 0 Å². The van der Waals surface area contributed by atoms with Crippen LogP contribution < -0.4 is 5.73 Å². The summed E-state index contributed by atoms with van der Waals surface area (Å²) in [6, 6.07) is 7.48. The number of hydrogen-bond donors (Lipinski definition) is 1. The molecule has 3 nitrogen and oxygen atoms in total. The van der Waals surface area contributed by atoms with Gasteiger partial charge in [0, 0.05) is 24.0 Å². The molecule has 0 aromatic heterocycles. The number of rotatable bonds is 3. The van der Waals surface area contributed by atoms with Crippen molar-refractivity contribution in [2.45, 2.75) is 31.8 Å². The molecule has 2 unspecified atom stereocenters. The number of halogens is 1. The maximum Gasteiger partial charge on any atom is 0.224 e. The van der Waals surface area contributed by atoms with Crippen molar-refractivity contribution in [3.05, 3.63) is 34.9 Å². The lowest BCUT2D eigenvalue weighted by Gasteiger charge is -2.27. The fourth-order valence-corrected chi connectivity index (χ4v) is 2.53. The van der Waals surface area contributed by atoms with Gasteiger partial charge in [0.05, 0.1) is 6.04 Å². The van der Waals surface area contributed by atoms with Crippen molar-refractivity contribution in [3.8, 4) is 0 Å². The van der Waals surface area contributed by atoms with Gasteiger partial charge in [-0.3, -0.25) is 4.79 Å². The minimum Gasteiger partial charge on any atom is -0.334 e. The van der Waals surface area contributed by atoms with Crippen LogP contribution in [0.2, 0.25) is 5.02 Å². The zero-order valence-electron chi connectivity index (χ0n) is 9.90. The monoisotopic (exact) mass is 252 g/mol. The minimum atomic E-state index is -0.116. The van der Waals surface area contributed by atoms with Gasteiger partial charge in [-0.1, -0.05) is 30.7 Å². The number of benzene rings is 1. The van der Waals surface area contributed by atoms with E-state index in [1.54, 1.807) is 0 Å². The van der Waals surface area contributed by atoms with E-state index in [0.29, 0.717) is 11.4 Å². The number of hydrogen-bond acceptors (Lipinski definition) is 2. The third-order valence-electron chi connectivity index (χ3n) is 3.15. The zero-order chi connectivity index (χ0) is 12.4. The molecule has 2 atom stereocenters. The predicted molar refractivity (Wildman–Crippen MR) is 68.8 cm³/mol. The van der Waals surface area contributed by atoms with E-state index in [2.05, 4.69) is 6.92 Å². The third kappa shape index (κ3) is 2.45. The Hall–Kier alpha value is -1.06. The van der Waals surface area contributed by atoms with Crippen molar-refractivity contribution < 1.29 is 4.79 Å². The van der Waals surface area contributed by atoms with Crippen LogP contribution in [-0.4, -0.2) is 23.4 Å². The Morgan fingerprint density at radius 2 is 2.06 bits per heavy atom. The molecular weight excluding hydrogens is 236 g/mol. The zero-order valence-corrected chi connectivity index (χ0v) is 10.7. The van der Waals surface area contributed by atoms with Gasteiger partial charge in [-0.2, -0.15) is 0 Å². The van der Waals surface area contributed by atoms with Gasteiger partial charge in [0.1, 0.15) is 0 Å². The van der Waals surface area contributed by atoms with E-state index in [1.165, 1.54) is 0 Å². The lowest BCUT2D eigenvalue weighted by atomic mass is 10.0. The van der Waals surface area contributed by atoms with Crippen molar-refractivity contribution in [1.29, 1.82) is 0 Å². The Labute approximate surface area is 107 Å². The smallest absolute Gasteiger partial charge is 0.224 e. The van der Waals surface area contributed by atoms with E-state index in [4.69, 9.17) is 17.3 Å². The first kappa shape index (κ1) is 12.4. The molecule has 1 saturated heterocycles. The number of nitrogens with two attached hydrogens (primary N) is 1. The Morgan fingerprint density at radius 3 is 2.65 bits per heavy atom. The van der Waals surface area contributed by atoms with Gasteiger partial charge in [0.2, 0.25) is 5.91 Å². The van der Waals surface area contributed by atoms with Crippen molar-refractivity contribution in [1.82, 2.24) is 4.90 Å². The van der Waals surface area contributed by atoms with Crippen LogP contribution in [0.15, 0.2) is 24.3 Å². The second kappa shape index (κ2) is 5.07. The molecule has 17 heavy (non-hydrogen) atoms. The molecule has 1 aliphatic rings. The molecule has 1 fully saturated rings. The topological polar surface area (TPSA) is 46.3 Å². The molecular formula is C13H17ClN2O. The van der Waals surface area contributed by atoms with Crippen LogP contribution in [0.3, 0.4) is 0 Å². The summed E-state index contributed by atoms with van der Waals surface area (Å²) in [5, 5.41) is 0.702. The SMILES string of the molecule is CCCN1C(=O)CC(N)C1c1ccc(Cl)cc1. The Bertz CT molecular complexity index is 404. The van der Waals surface area contributed by atoms with Crippen LogP contribution in [0.4, 0.5) is 0 Å². The van der Waals surface area contributed by atoms with Crippen LogP contribution in [0, 0.1) is 0 Å². The van der Waals surface area contributed by atoms with E-state index < -0.39 is 0 Å². The molecule has 4 heteroatoms. The van der Waals surface area contributed by atoms with Gasteiger partial charge in [0.25, 0.3) is 0 Å². The average molecular weight is 253 g/mol. The highest BCUT2D eigenvalue weighted by molar-refractivity contribution is 6.30. The van der Waals surface area contributed by atoms with Gasteiger partial charge >= 0.3 is 0 Å². The van der Waals surface area contributed by atoms with E-state index in [1.807, 2.05) is 29.2 Å². The molecule has 1 amide bonds. The van der Waals surface area contributed by atoms with Crippen molar-refractivity contribution in [2.75, 3.05) is 6.54 Å². The number of amides is 1. The number of nitrogens with zero attached hydrogens (tertiary/aromatic N) is 1. The van der Waals surface area contributed by atoms with Gasteiger partial charge in [-0.25, -0.2) is 0 Å². The highest BCUT2D eigenvalue weighted by Gasteiger charge is 2.37. The van der Waals surface area contributed by atoms with Crippen molar-refractivity contribution in [3.63, 3.8) is 0 Å². The summed E-state index contributed by atoms with van der Waals surface area (Å²) < 4.78 is 0. The molecule has 0 bridgehead atoms. The first-order chi connectivity index (χ1) is 8.13.